The number of hydrogen-bond acceptors (Lipinski definition) is 5. The van der Waals surface area contributed by atoms with E-state index in [9.17, 15) is 4.79 Å². The number of hydrogen-bond donors (Lipinski definition) is 2. The largest absolute Gasteiger partial charge is 0.307 e. The first-order valence-electron chi connectivity index (χ1n) is 5.11. The van der Waals surface area contributed by atoms with Crippen LogP contribution in [0.15, 0.2) is 29.8 Å². The molecule has 7 heteroatoms. The third-order valence-electron chi connectivity index (χ3n) is 2.20. The van der Waals surface area contributed by atoms with Crippen molar-refractivity contribution in [1.82, 2.24) is 15.5 Å². The van der Waals surface area contributed by atoms with E-state index in [4.69, 9.17) is 12.2 Å². The number of nitrogens with one attached hydrogen (secondary N) is 2. The van der Waals surface area contributed by atoms with E-state index in [0.29, 0.717) is 10.7 Å². The fraction of sp³-hybridized carbons (Fsp3) is 0.0909. The van der Waals surface area contributed by atoms with Gasteiger partial charge in [-0.15, -0.1) is 10.2 Å². The Morgan fingerprint density at radius 2 is 2.17 bits per heavy atom. The van der Waals surface area contributed by atoms with E-state index in [1.54, 1.807) is 11.6 Å². The predicted molar refractivity (Wildman–Crippen MR) is 74.8 cm³/mol. The zero-order valence-corrected chi connectivity index (χ0v) is 11.1. The lowest BCUT2D eigenvalue weighted by Gasteiger charge is -2.08. The first-order valence-corrected chi connectivity index (χ1v) is 6.40. The summed E-state index contributed by atoms with van der Waals surface area (Å²) in [6, 6.07) is 7.31. The van der Waals surface area contributed by atoms with Crippen molar-refractivity contribution < 1.29 is 4.79 Å². The van der Waals surface area contributed by atoms with Crippen molar-refractivity contribution in [3.8, 4) is 0 Å². The minimum absolute atomic E-state index is 0.208. The molecule has 0 atom stereocenters. The van der Waals surface area contributed by atoms with Gasteiger partial charge < -0.3 is 5.32 Å². The molecular weight excluding hydrogens is 268 g/mol. The number of benzene rings is 1. The molecule has 1 heterocycles. The summed E-state index contributed by atoms with van der Waals surface area (Å²) in [5.41, 5.74) is 3.07. The summed E-state index contributed by atoms with van der Waals surface area (Å²) in [6.07, 6.45) is 0. The molecule has 0 aliphatic heterocycles. The Hall–Kier alpha value is -1.86. The second kappa shape index (κ2) is 5.65. The minimum Gasteiger partial charge on any atom is -0.307 e. The van der Waals surface area contributed by atoms with Gasteiger partial charge in [0.05, 0.1) is 0 Å². The van der Waals surface area contributed by atoms with Gasteiger partial charge in [0.25, 0.3) is 5.91 Å². The molecule has 18 heavy (non-hydrogen) atoms. The Bertz CT molecular complexity index is 568. The molecule has 92 valence electrons. The van der Waals surface area contributed by atoms with Crippen molar-refractivity contribution in [2.24, 2.45) is 0 Å². The summed E-state index contributed by atoms with van der Waals surface area (Å²) in [5, 5.41) is 13.6. The molecule has 2 aromatic rings. The normalized spacial score (nSPS) is 9.83. The second-order valence-corrected chi connectivity index (χ2v) is 4.71. The highest BCUT2D eigenvalue weighted by Gasteiger charge is 2.10. The molecule has 2 rings (SSSR count). The molecule has 1 amide bonds. The van der Waals surface area contributed by atoms with Gasteiger partial charge >= 0.3 is 0 Å². The topological polar surface area (TPSA) is 66.9 Å². The molecule has 0 aliphatic carbocycles. The molecule has 5 nitrogen and oxygen atoms in total. The van der Waals surface area contributed by atoms with Crippen LogP contribution in [0.5, 0.6) is 0 Å². The molecule has 0 aliphatic rings. The minimum atomic E-state index is -0.241. The summed E-state index contributed by atoms with van der Waals surface area (Å²) >= 11 is 6.32. The van der Waals surface area contributed by atoms with Gasteiger partial charge in [-0.05, 0) is 30.8 Å². The van der Waals surface area contributed by atoms with Crippen LogP contribution in [-0.4, -0.2) is 21.2 Å². The summed E-state index contributed by atoms with van der Waals surface area (Å²) in [4.78, 5) is 11.9. The second-order valence-electron chi connectivity index (χ2n) is 3.47. The summed E-state index contributed by atoms with van der Waals surface area (Å²) in [5.74, 6) is -0.241. The van der Waals surface area contributed by atoms with Crippen LogP contribution >= 0.6 is 23.6 Å². The number of nitrogens with zero attached hydrogens (tertiary/aromatic N) is 2. The standard InChI is InChI=1S/C11H10N4OS2/c1-7-4-2-3-5-8(7)9(16)13-10(17)14-11-15-12-6-18-11/h2-6H,1H3,(H2,13,14,15,16,17). The van der Waals surface area contributed by atoms with Crippen molar-refractivity contribution in [2.45, 2.75) is 6.92 Å². The Kier molecular flexibility index (Phi) is 3.96. The highest BCUT2D eigenvalue weighted by Crippen LogP contribution is 2.09. The maximum absolute atomic E-state index is 11.9. The first kappa shape index (κ1) is 12.6. The number of anilines is 1. The zero-order valence-electron chi connectivity index (χ0n) is 9.51. The van der Waals surface area contributed by atoms with Gasteiger partial charge in [0, 0.05) is 5.56 Å². The number of amides is 1. The Labute approximate surface area is 113 Å². The monoisotopic (exact) mass is 278 g/mol. The van der Waals surface area contributed by atoms with Gasteiger partial charge in [-0.2, -0.15) is 0 Å². The average Bonchev–Trinajstić information content (AvgIpc) is 2.82. The number of aromatic nitrogens is 2. The van der Waals surface area contributed by atoms with E-state index < -0.39 is 0 Å². The number of carbonyl (C=O) groups excluding carboxylic acids is 1. The van der Waals surface area contributed by atoms with Crippen LogP contribution in [0, 0.1) is 6.92 Å². The van der Waals surface area contributed by atoms with Crippen LogP contribution in [0.1, 0.15) is 15.9 Å². The predicted octanol–water partition coefficient (Wildman–Crippen LogP) is 1.97. The third-order valence-corrected chi connectivity index (χ3v) is 3.01. The highest BCUT2D eigenvalue weighted by molar-refractivity contribution is 7.80. The van der Waals surface area contributed by atoms with Crippen molar-refractivity contribution in [3.05, 3.63) is 40.9 Å². The summed E-state index contributed by atoms with van der Waals surface area (Å²) in [7, 11) is 0. The lowest BCUT2D eigenvalue weighted by molar-refractivity contribution is 0.0977. The highest BCUT2D eigenvalue weighted by atomic mass is 32.1. The van der Waals surface area contributed by atoms with Crippen LogP contribution in [0.4, 0.5) is 5.13 Å². The number of thiocarbonyl (C=S) groups is 1. The van der Waals surface area contributed by atoms with Crippen LogP contribution in [0.3, 0.4) is 0 Å². The quantitative estimate of drug-likeness (QED) is 0.822. The molecule has 0 saturated heterocycles. The molecule has 0 spiro atoms. The van der Waals surface area contributed by atoms with Crippen LogP contribution < -0.4 is 10.6 Å². The van der Waals surface area contributed by atoms with Gasteiger partial charge in [0.2, 0.25) is 5.13 Å². The Morgan fingerprint density at radius 1 is 1.39 bits per heavy atom. The molecule has 0 fully saturated rings. The molecule has 0 saturated carbocycles. The smallest absolute Gasteiger partial charge is 0.257 e. The maximum Gasteiger partial charge on any atom is 0.257 e. The lowest BCUT2D eigenvalue weighted by atomic mass is 10.1. The van der Waals surface area contributed by atoms with Crippen molar-refractivity contribution in [3.63, 3.8) is 0 Å². The molecule has 2 N–H and O–H groups in total. The van der Waals surface area contributed by atoms with E-state index in [0.717, 1.165) is 5.56 Å². The Morgan fingerprint density at radius 3 is 2.83 bits per heavy atom. The van der Waals surface area contributed by atoms with Crippen molar-refractivity contribution in [1.29, 1.82) is 0 Å². The number of carbonyl (C=O) groups is 1. The van der Waals surface area contributed by atoms with Gasteiger partial charge in [0.1, 0.15) is 5.51 Å². The summed E-state index contributed by atoms with van der Waals surface area (Å²) in [6.45, 7) is 1.87. The number of aryl methyl sites for hydroxylation is 1. The van der Waals surface area contributed by atoms with Gasteiger partial charge in [0.15, 0.2) is 5.11 Å². The third kappa shape index (κ3) is 3.08. The summed E-state index contributed by atoms with van der Waals surface area (Å²) < 4.78 is 0. The van der Waals surface area contributed by atoms with Crippen molar-refractivity contribution >= 4 is 39.7 Å². The molecule has 0 unspecified atom stereocenters. The van der Waals surface area contributed by atoms with E-state index in [2.05, 4.69) is 20.8 Å². The molecular formula is C11H10N4OS2. The maximum atomic E-state index is 11.9. The molecule has 1 aromatic heterocycles. The Balaban J connectivity index is 2.00. The fourth-order valence-corrected chi connectivity index (χ4v) is 2.06. The van der Waals surface area contributed by atoms with Gasteiger partial charge in [-0.3, -0.25) is 10.1 Å². The molecule has 0 radical (unpaired) electrons. The van der Waals surface area contributed by atoms with E-state index in [1.807, 2.05) is 25.1 Å². The average molecular weight is 278 g/mol. The molecule has 0 bridgehead atoms. The lowest BCUT2D eigenvalue weighted by Crippen LogP contribution is -2.34. The SMILES string of the molecule is Cc1ccccc1C(=O)NC(=S)Nc1nncs1. The van der Waals surface area contributed by atoms with Crippen LogP contribution in [-0.2, 0) is 0 Å². The van der Waals surface area contributed by atoms with Gasteiger partial charge in [-0.1, -0.05) is 29.5 Å². The fourth-order valence-electron chi connectivity index (χ4n) is 1.35. The molecule has 1 aromatic carbocycles. The zero-order chi connectivity index (χ0) is 13.0. The van der Waals surface area contributed by atoms with E-state index in [-0.39, 0.29) is 11.0 Å². The van der Waals surface area contributed by atoms with Gasteiger partial charge in [-0.25, -0.2) is 0 Å². The van der Waals surface area contributed by atoms with Crippen LogP contribution in [0.25, 0.3) is 0 Å². The number of rotatable bonds is 2. The van der Waals surface area contributed by atoms with Crippen LogP contribution in [0.2, 0.25) is 0 Å². The first-order chi connectivity index (χ1) is 8.66. The van der Waals surface area contributed by atoms with E-state index >= 15 is 0 Å². The van der Waals surface area contributed by atoms with Crippen molar-refractivity contribution in [2.75, 3.05) is 5.32 Å². The van der Waals surface area contributed by atoms with E-state index in [1.165, 1.54) is 11.3 Å².